The molecule has 0 saturated carbocycles. The van der Waals surface area contributed by atoms with Crippen molar-refractivity contribution in [3.05, 3.63) is 23.8 Å². The maximum Gasteiger partial charge on any atom is 0.339 e. The van der Waals surface area contributed by atoms with E-state index in [1.165, 1.54) is 18.2 Å². The maximum atomic E-state index is 11.7. The Bertz CT molecular complexity index is 493. The topological polar surface area (TPSA) is 98.7 Å². The molecule has 0 saturated heterocycles. The summed E-state index contributed by atoms with van der Waals surface area (Å²) in [5.74, 6) is -0.648. The predicted molar refractivity (Wildman–Crippen MR) is 79.7 cm³/mol. The number of carboxylic acid groups (broad SMARTS) is 1. The summed E-state index contributed by atoms with van der Waals surface area (Å²) >= 11 is 1.71. The molecule has 0 radical (unpaired) electrons. The molecule has 0 aliphatic carbocycles. The number of urea groups is 1. The van der Waals surface area contributed by atoms with Crippen LogP contribution in [-0.4, -0.2) is 40.3 Å². The molecular weight excluding hydrogens is 280 g/mol. The molecule has 0 bridgehead atoms. The van der Waals surface area contributed by atoms with Crippen molar-refractivity contribution in [1.29, 1.82) is 0 Å². The van der Waals surface area contributed by atoms with Gasteiger partial charge in [-0.25, -0.2) is 9.59 Å². The van der Waals surface area contributed by atoms with Gasteiger partial charge in [-0.05, 0) is 37.5 Å². The number of benzene rings is 1. The Hall–Kier alpha value is -1.89. The largest absolute Gasteiger partial charge is 0.507 e. The molecule has 0 fully saturated rings. The lowest BCUT2D eigenvalue weighted by Crippen LogP contribution is -2.36. The molecular formula is C13H18N2O4S. The summed E-state index contributed by atoms with van der Waals surface area (Å²) in [6, 6.07) is 3.52. The number of aromatic hydroxyl groups is 1. The molecule has 1 unspecified atom stereocenters. The second-order valence-electron chi connectivity index (χ2n) is 4.32. The van der Waals surface area contributed by atoms with E-state index in [9.17, 15) is 14.7 Å². The Balaban J connectivity index is 2.58. The molecule has 2 amide bonds. The van der Waals surface area contributed by atoms with Crippen molar-refractivity contribution in [2.75, 3.05) is 17.3 Å². The molecule has 20 heavy (non-hydrogen) atoms. The van der Waals surface area contributed by atoms with Gasteiger partial charge < -0.3 is 20.8 Å². The van der Waals surface area contributed by atoms with Crippen LogP contribution in [0.15, 0.2) is 18.2 Å². The molecule has 1 aromatic carbocycles. The maximum absolute atomic E-state index is 11.7. The fourth-order valence-electron chi connectivity index (χ4n) is 1.55. The normalized spacial score (nSPS) is 11.7. The molecule has 1 aromatic rings. The summed E-state index contributed by atoms with van der Waals surface area (Å²) in [5.41, 5.74) is 0.131. The van der Waals surface area contributed by atoms with E-state index in [0.29, 0.717) is 5.69 Å². The van der Waals surface area contributed by atoms with Gasteiger partial charge >= 0.3 is 12.0 Å². The first-order valence-corrected chi connectivity index (χ1v) is 7.46. The van der Waals surface area contributed by atoms with Gasteiger partial charge in [-0.2, -0.15) is 11.8 Å². The first-order valence-electron chi connectivity index (χ1n) is 6.06. The predicted octanol–water partition coefficient (Wildman–Crippen LogP) is 2.35. The SMILES string of the molecule is CSCCC(C)NC(=O)Nc1ccc(C(=O)O)c(O)c1. The van der Waals surface area contributed by atoms with E-state index in [4.69, 9.17) is 5.11 Å². The fourth-order valence-corrected chi connectivity index (χ4v) is 2.14. The van der Waals surface area contributed by atoms with Crippen LogP contribution in [0, 0.1) is 0 Å². The van der Waals surface area contributed by atoms with Gasteiger partial charge in [0.25, 0.3) is 0 Å². The minimum absolute atomic E-state index is 0.0364. The third-order valence-electron chi connectivity index (χ3n) is 2.62. The van der Waals surface area contributed by atoms with Crippen molar-refractivity contribution >= 4 is 29.4 Å². The van der Waals surface area contributed by atoms with Crippen LogP contribution in [0.1, 0.15) is 23.7 Å². The highest BCUT2D eigenvalue weighted by Gasteiger charge is 2.11. The Morgan fingerprint density at radius 3 is 2.65 bits per heavy atom. The number of aromatic carboxylic acids is 1. The number of nitrogens with one attached hydrogen (secondary N) is 2. The molecule has 1 atom stereocenters. The molecule has 0 aromatic heterocycles. The molecule has 6 nitrogen and oxygen atoms in total. The number of hydrogen-bond acceptors (Lipinski definition) is 4. The third-order valence-corrected chi connectivity index (χ3v) is 3.26. The molecule has 4 N–H and O–H groups in total. The van der Waals surface area contributed by atoms with Crippen molar-refractivity contribution in [3.8, 4) is 5.75 Å². The lowest BCUT2D eigenvalue weighted by atomic mass is 10.2. The highest BCUT2D eigenvalue weighted by Crippen LogP contribution is 2.21. The standard InChI is InChI=1S/C13H18N2O4S/c1-8(5-6-20-2)14-13(19)15-9-3-4-10(12(17)18)11(16)7-9/h3-4,7-8,16H,5-6H2,1-2H3,(H,17,18)(H2,14,15,19). The summed E-state index contributed by atoms with van der Waals surface area (Å²) in [6.45, 7) is 1.90. The summed E-state index contributed by atoms with van der Waals surface area (Å²) in [5, 5.41) is 23.6. The average Bonchev–Trinajstić information content (AvgIpc) is 2.35. The number of anilines is 1. The number of thioether (sulfide) groups is 1. The zero-order valence-corrected chi connectivity index (χ0v) is 12.2. The summed E-state index contributed by atoms with van der Waals surface area (Å²) in [4.78, 5) is 22.4. The van der Waals surface area contributed by atoms with Crippen molar-refractivity contribution in [1.82, 2.24) is 5.32 Å². The van der Waals surface area contributed by atoms with Crippen molar-refractivity contribution in [2.45, 2.75) is 19.4 Å². The minimum atomic E-state index is -1.22. The smallest absolute Gasteiger partial charge is 0.339 e. The molecule has 7 heteroatoms. The quantitative estimate of drug-likeness (QED) is 0.646. The van der Waals surface area contributed by atoms with E-state index in [2.05, 4.69) is 10.6 Å². The van der Waals surface area contributed by atoms with E-state index in [1.807, 2.05) is 13.2 Å². The van der Waals surface area contributed by atoms with Gasteiger partial charge in [0.05, 0.1) is 0 Å². The fraction of sp³-hybridized carbons (Fsp3) is 0.385. The van der Waals surface area contributed by atoms with Crippen LogP contribution in [0.5, 0.6) is 5.75 Å². The number of hydrogen-bond donors (Lipinski definition) is 4. The van der Waals surface area contributed by atoms with Crippen LogP contribution in [0.4, 0.5) is 10.5 Å². The van der Waals surface area contributed by atoms with Gasteiger partial charge in [0, 0.05) is 17.8 Å². The lowest BCUT2D eigenvalue weighted by molar-refractivity contribution is 0.0694. The van der Waals surface area contributed by atoms with Gasteiger partial charge in [-0.3, -0.25) is 0 Å². The lowest BCUT2D eigenvalue weighted by Gasteiger charge is -2.14. The minimum Gasteiger partial charge on any atom is -0.507 e. The number of carbonyl (C=O) groups is 2. The molecule has 0 aliphatic heterocycles. The molecule has 1 rings (SSSR count). The van der Waals surface area contributed by atoms with Crippen LogP contribution < -0.4 is 10.6 Å². The molecule has 0 heterocycles. The summed E-state index contributed by atoms with van der Waals surface area (Å²) < 4.78 is 0. The van der Waals surface area contributed by atoms with Gasteiger partial charge in [0.1, 0.15) is 11.3 Å². The number of phenols is 1. The highest BCUT2D eigenvalue weighted by molar-refractivity contribution is 7.98. The number of carboxylic acids is 1. The molecule has 0 aliphatic rings. The van der Waals surface area contributed by atoms with Crippen LogP contribution in [-0.2, 0) is 0 Å². The zero-order chi connectivity index (χ0) is 15.1. The van der Waals surface area contributed by atoms with Crippen molar-refractivity contribution < 1.29 is 19.8 Å². The zero-order valence-electron chi connectivity index (χ0n) is 11.3. The third kappa shape index (κ3) is 5.00. The van der Waals surface area contributed by atoms with Crippen LogP contribution in [0.2, 0.25) is 0 Å². The number of amides is 2. The number of rotatable bonds is 6. The van der Waals surface area contributed by atoms with E-state index in [1.54, 1.807) is 11.8 Å². The summed E-state index contributed by atoms with van der Waals surface area (Å²) in [6.07, 6.45) is 2.86. The van der Waals surface area contributed by atoms with Crippen LogP contribution in [0.25, 0.3) is 0 Å². The highest BCUT2D eigenvalue weighted by atomic mass is 32.2. The Morgan fingerprint density at radius 1 is 1.40 bits per heavy atom. The van der Waals surface area contributed by atoms with Gasteiger partial charge in [-0.15, -0.1) is 0 Å². The molecule has 0 spiro atoms. The Kier molecular flexibility index (Phi) is 6.17. The van der Waals surface area contributed by atoms with Crippen LogP contribution in [0.3, 0.4) is 0 Å². The van der Waals surface area contributed by atoms with Crippen molar-refractivity contribution in [3.63, 3.8) is 0 Å². The Labute approximate surface area is 121 Å². The van der Waals surface area contributed by atoms with Gasteiger partial charge in [0.2, 0.25) is 0 Å². The summed E-state index contributed by atoms with van der Waals surface area (Å²) in [7, 11) is 0. The second kappa shape index (κ2) is 7.64. The monoisotopic (exact) mass is 298 g/mol. The van der Waals surface area contributed by atoms with Gasteiger partial charge in [-0.1, -0.05) is 0 Å². The number of carbonyl (C=O) groups excluding carboxylic acids is 1. The first-order chi connectivity index (χ1) is 9.43. The van der Waals surface area contributed by atoms with Gasteiger partial charge in [0.15, 0.2) is 0 Å². The Morgan fingerprint density at radius 2 is 2.10 bits per heavy atom. The van der Waals surface area contributed by atoms with E-state index >= 15 is 0 Å². The first kappa shape index (κ1) is 16.2. The van der Waals surface area contributed by atoms with Crippen LogP contribution >= 0.6 is 11.8 Å². The van der Waals surface area contributed by atoms with E-state index in [-0.39, 0.29) is 23.4 Å². The van der Waals surface area contributed by atoms with Crippen molar-refractivity contribution in [2.24, 2.45) is 0 Å². The second-order valence-corrected chi connectivity index (χ2v) is 5.30. The molecule has 110 valence electrons. The van der Waals surface area contributed by atoms with E-state index in [0.717, 1.165) is 12.2 Å². The van der Waals surface area contributed by atoms with E-state index < -0.39 is 5.97 Å². The average molecular weight is 298 g/mol.